The van der Waals surface area contributed by atoms with Crippen molar-refractivity contribution in [3.63, 3.8) is 0 Å². The Hall–Kier alpha value is -0.810. The van der Waals surface area contributed by atoms with Crippen LogP contribution in [0.4, 0.5) is 0 Å². The fraction of sp³-hybridized carbons (Fsp3) is 0.625. The molecule has 0 saturated heterocycles. The van der Waals surface area contributed by atoms with Gasteiger partial charge in [-0.3, -0.25) is 0 Å². The Labute approximate surface area is 62.8 Å². The van der Waals surface area contributed by atoms with Gasteiger partial charge in [-0.25, -0.2) is 0 Å². The molecule has 0 radical (unpaired) electrons. The number of nitriles is 1. The number of hydrogen-bond donors (Lipinski definition) is 0. The molecule has 0 amide bonds. The maximum atomic E-state index is 8.24. The fourth-order valence-electron chi connectivity index (χ4n) is 0.664. The minimum absolute atomic E-state index is 0.619. The third kappa shape index (κ3) is 5.33. The third-order valence-corrected chi connectivity index (χ3v) is 1.32. The molecule has 0 aliphatic carbocycles. The lowest BCUT2D eigenvalue weighted by Gasteiger charge is -2.12. The van der Waals surface area contributed by atoms with E-state index in [1.165, 1.54) is 0 Å². The Bertz CT molecular complexity index is 124. The molecule has 0 N–H and O–H groups in total. The van der Waals surface area contributed by atoms with E-state index in [0.717, 1.165) is 19.5 Å². The van der Waals surface area contributed by atoms with Gasteiger partial charge in [-0.2, -0.15) is 5.26 Å². The van der Waals surface area contributed by atoms with Crippen LogP contribution in [0.15, 0.2) is 12.7 Å². The van der Waals surface area contributed by atoms with E-state index in [4.69, 9.17) is 5.26 Å². The van der Waals surface area contributed by atoms with Gasteiger partial charge in [0.15, 0.2) is 0 Å². The highest BCUT2D eigenvalue weighted by atomic mass is 15.1. The number of rotatable bonds is 5. The Balaban J connectivity index is 3.17. The molecule has 0 aromatic carbocycles. The van der Waals surface area contributed by atoms with Crippen molar-refractivity contribution in [3.05, 3.63) is 12.7 Å². The zero-order valence-corrected chi connectivity index (χ0v) is 6.51. The largest absolute Gasteiger partial charge is 0.305 e. The molecule has 0 aromatic heterocycles. The average Bonchev–Trinajstić information content (AvgIpc) is 1.97. The van der Waals surface area contributed by atoms with Crippen molar-refractivity contribution in [1.82, 2.24) is 4.90 Å². The van der Waals surface area contributed by atoms with E-state index in [0.29, 0.717) is 6.42 Å². The fourth-order valence-corrected chi connectivity index (χ4v) is 0.664. The lowest BCUT2D eigenvalue weighted by atomic mass is 10.3. The van der Waals surface area contributed by atoms with Gasteiger partial charge in [-0.15, -0.1) is 6.58 Å². The summed E-state index contributed by atoms with van der Waals surface area (Å²) in [6.07, 6.45) is 3.51. The van der Waals surface area contributed by atoms with E-state index in [2.05, 4.69) is 17.5 Å². The Morgan fingerprint density at radius 2 is 2.30 bits per heavy atom. The van der Waals surface area contributed by atoms with Gasteiger partial charge >= 0.3 is 0 Å². The molecule has 2 nitrogen and oxygen atoms in total. The van der Waals surface area contributed by atoms with E-state index in [9.17, 15) is 0 Å². The standard InChI is InChI=1S/C8H14N2/c1-3-4-7-10(2)8-5-6-9/h3H,1,4-5,7-8H2,2H3. The van der Waals surface area contributed by atoms with E-state index in [-0.39, 0.29) is 0 Å². The van der Waals surface area contributed by atoms with Crippen LogP contribution >= 0.6 is 0 Å². The normalized spacial score (nSPS) is 9.30. The van der Waals surface area contributed by atoms with Crippen molar-refractivity contribution in [3.8, 4) is 6.07 Å². The van der Waals surface area contributed by atoms with Gasteiger partial charge in [0.1, 0.15) is 0 Å². The third-order valence-electron chi connectivity index (χ3n) is 1.32. The van der Waals surface area contributed by atoms with Gasteiger partial charge in [0.05, 0.1) is 6.07 Å². The van der Waals surface area contributed by atoms with Gasteiger partial charge < -0.3 is 4.90 Å². The van der Waals surface area contributed by atoms with Gasteiger partial charge in [-0.1, -0.05) is 6.08 Å². The molecule has 10 heavy (non-hydrogen) atoms. The second kappa shape index (κ2) is 6.31. The van der Waals surface area contributed by atoms with E-state index < -0.39 is 0 Å². The first kappa shape index (κ1) is 9.19. The number of hydrogen-bond acceptors (Lipinski definition) is 2. The summed E-state index contributed by atoms with van der Waals surface area (Å²) < 4.78 is 0. The summed E-state index contributed by atoms with van der Waals surface area (Å²) in [6.45, 7) is 5.49. The van der Waals surface area contributed by atoms with Crippen molar-refractivity contribution in [2.45, 2.75) is 12.8 Å². The molecule has 0 aliphatic rings. The highest BCUT2D eigenvalue weighted by Crippen LogP contribution is 1.88. The Morgan fingerprint density at radius 3 is 2.80 bits per heavy atom. The van der Waals surface area contributed by atoms with Crippen LogP contribution in [-0.4, -0.2) is 25.0 Å². The second-order valence-corrected chi connectivity index (χ2v) is 2.29. The van der Waals surface area contributed by atoms with Crippen LogP contribution in [0, 0.1) is 11.3 Å². The van der Waals surface area contributed by atoms with E-state index in [1.54, 1.807) is 0 Å². The number of nitrogens with zero attached hydrogens (tertiary/aromatic N) is 2. The molecule has 0 atom stereocenters. The predicted octanol–water partition coefficient (Wildman–Crippen LogP) is 1.41. The molecule has 56 valence electrons. The summed E-state index contributed by atoms with van der Waals surface area (Å²) >= 11 is 0. The molecule has 0 heterocycles. The second-order valence-electron chi connectivity index (χ2n) is 2.29. The van der Waals surface area contributed by atoms with Crippen molar-refractivity contribution in [2.75, 3.05) is 20.1 Å². The molecule has 0 spiro atoms. The smallest absolute Gasteiger partial charge is 0.0635 e. The molecule has 0 saturated carbocycles. The molecule has 2 heteroatoms. The SMILES string of the molecule is C=CCCN(C)CCC#N. The van der Waals surface area contributed by atoms with E-state index in [1.807, 2.05) is 13.1 Å². The molecule has 0 rings (SSSR count). The average molecular weight is 138 g/mol. The minimum Gasteiger partial charge on any atom is -0.305 e. The highest BCUT2D eigenvalue weighted by molar-refractivity contribution is 4.73. The van der Waals surface area contributed by atoms with Crippen LogP contribution < -0.4 is 0 Å². The zero-order chi connectivity index (χ0) is 7.82. The summed E-state index contributed by atoms with van der Waals surface area (Å²) in [5.74, 6) is 0. The van der Waals surface area contributed by atoms with Crippen molar-refractivity contribution in [1.29, 1.82) is 5.26 Å². The summed E-state index contributed by atoms with van der Waals surface area (Å²) in [5.41, 5.74) is 0. The summed E-state index contributed by atoms with van der Waals surface area (Å²) in [7, 11) is 2.01. The summed E-state index contributed by atoms with van der Waals surface area (Å²) in [5, 5.41) is 8.24. The lowest BCUT2D eigenvalue weighted by molar-refractivity contribution is 0.349. The van der Waals surface area contributed by atoms with Crippen molar-refractivity contribution in [2.24, 2.45) is 0 Å². The zero-order valence-electron chi connectivity index (χ0n) is 6.51. The topological polar surface area (TPSA) is 27.0 Å². The molecule has 0 fully saturated rings. The first-order valence-electron chi connectivity index (χ1n) is 3.47. The first-order chi connectivity index (χ1) is 4.81. The van der Waals surface area contributed by atoms with Crippen LogP contribution in [0.25, 0.3) is 0 Å². The van der Waals surface area contributed by atoms with Crippen LogP contribution in [0.1, 0.15) is 12.8 Å². The Morgan fingerprint density at radius 1 is 1.60 bits per heavy atom. The highest BCUT2D eigenvalue weighted by Gasteiger charge is 1.93. The van der Waals surface area contributed by atoms with Crippen LogP contribution in [0.2, 0.25) is 0 Å². The van der Waals surface area contributed by atoms with Crippen LogP contribution in [-0.2, 0) is 0 Å². The van der Waals surface area contributed by atoms with Gasteiger partial charge in [0.25, 0.3) is 0 Å². The minimum atomic E-state index is 0.619. The maximum absolute atomic E-state index is 8.24. The molecular weight excluding hydrogens is 124 g/mol. The molecule has 0 aliphatic heterocycles. The first-order valence-corrected chi connectivity index (χ1v) is 3.47. The summed E-state index contributed by atoms with van der Waals surface area (Å²) in [6, 6.07) is 2.11. The quantitative estimate of drug-likeness (QED) is 0.537. The van der Waals surface area contributed by atoms with Crippen LogP contribution in [0.5, 0.6) is 0 Å². The van der Waals surface area contributed by atoms with Crippen molar-refractivity contribution >= 4 is 0 Å². The van der Waals surface area contributed by atoms with Gasteiger partial charge in [0, 0.05) is 19.5 Å². The van der Waals surface area contributed by atoms with E-state index >= 15 is 0 Å². The maximum Gasteiger partial charge on any atom is 0.0635 e. The Kier molecular flexibility index (Phi) is 5.80. The van der Waals surface area contributed by atoms with Gasteiger partial charge in [-0.05, 0) is 13.5 Å². The van der Waals surface area contributed by atoms with Gasteiger partial charge in [0.2, 0.25) is 0 Å². The molecule has 0 aromatic rings. The van der Waals surface area contributed by atoms with Crippen LogP contribution in [0.3, 0.4) is 0 Å². The lowest BCUT2D eigenvalue weighted by Crippen LogP contribution is -2.19. The molecule has 0 unspecified atom stereocenters. The molecule has 0 bridgehead atoms. The summed E-state index contributed by atoms with van der Waals surface area (Å²) in [4.78, 5) is 2.13. The molecular formula is C8H14N2. The monoisotopic (exact) mass is 138 g/mol. The predicted molar refractivity (Wildman–Crippen MR) is 42.5 cm³/mol. The van der Waals surface area contributed by atoms with Crippen molar-refractivity contribution < 1.29 is 0 Å².